The van der Waals surface area contributed by atoms with Crippen LogP contribution in [0.25, 0.3) is 0 Å². The number of halogens is 1. The van der Waals surface area contributed by atoms with Gasteiger partial charge >= 0.3 is 0 Å². The lowest BCUT2D eigenvalue weighted by molar-refractivity contribution is -0.121. The Morgan fingerprint density at radius 1 is 1.56 bits per heavy atom. The fraction of sp³-hybridized carbons (Fsp3) is 0.400. The summed E-state index contributed by atoms with van der Waals surface area (Å²) in [6.45, 7) is 1.06. The van der Waals surface area contributed by atoms with Gasteiger partial charge in [-0.2, -0.15) is 0 Å². The average molecular weight is 303 g/mol. The van der Waals surface area contributed by atoms with Crippen LogP contribution in [0.2, 0.25) is 0 Å². The van der Waals surface area contributed by atoms with E-state index >= 15 is 0 Å². The smallest absolute Gasteiger partial charge is 0.254 e. The second kappa shape index (κ2) is 4.55. The predicted octanol–water partition coefficient (Wildman–Crippen LogP) is 1.46. The summed E-state index contributed by atoms with van der Waals surface area (Å²) in [4.78, 5) is 24.7. The van der Waals surface area contributed by atoms with Gasteiger partial charge in [-0.05, 0) is 28.4 Å². The van der Waals surface area contributed by atoms with Gasteiger partial charge in [0.05, 0.1) is 15.3 Å². The van der Waals surface area contributed by atoms with Crippen LogP contribution in [0.1, 0.15) is 16.8 Å². The summed E-state index contributed by atoms with van der Waals surface area (Å²) in [7, 11) is 0. The monoisotopic (exact) mass is 302 g/mol. The van der Waals surface area contributed by atoms with E-state index in [4.69, 9.17) is 5.73 Å². The van der Waals surface area contributed by atoms with Gasteiger partial charge in [0.15, 0.2) is 0 Å². The molecule has 0 unspecified atom stereocenters. The Hall–Kier alpha value is -0.880. The molecule has 2 rings (SSSR count). The molecular weight excluding hydrogens is 292 g/mol. The quantitative estimate of drug-likeness (QED) is 0.899. The number of primary amides is 1. The van der Waals surface area contributed by atoms with E-state index < -0.39 is 0 Å². The molecule has 1 aliphatic rings. The lowest BCUT2D eigenvalue weighted by Crippen LogP contribution is -2.31. The Bertz CT molecular complexity index is 432. The van der Waals surface area contributed by atoms with Crippen LogP contribution >= 0.6 is 27.3 Å². The summed E-state index contributed by atoms with van der Waals surface area (Å²) in [5.74, 6) is -0.529. The number of thiophene rings is 1. The van der Waals surface area contributed by atoms with Crippen molar-refractivity contribution < 1.29 is 9.59 Å². The molecule has 2 N–H and O–H groups in total. The predicted molar refractivity (Wildman–Crippen MR) is 65.2 cm³/mol. The number of hydrogen-bond acceptors (Lipinski definition) is 3. The third-order valence-electron chi connectivity index (χ3n) is 2.69. The molecule has 1 aromatic rings. The highest BCUT2D eigenvalue weighted by molar-refractivity contribution is 9.11. The highest BCUT2D eigenvalue weighted by Crippen LogP contribution is 2.24. The van der Waals surface area contributed by atoms with Crippen LogP contribution in [0, 0.1) is 5.92 Å². The number of carbonyl (C=O) groups excluding carboxylic acids is 2. The number of rotatable bonds is 2. The van der Waals surface area contributed by atoms with Crippen LogP contribution in [-0.2, 0) is 4.79 Å². The molecular formula is C10H11BrN2O2S. The first-order valence-corrected chi connectivity index (χ1v) is 6.58. The highest BCUT2D eigenvalue weighted by Gasteiger charge is 2.30. The molecule has 0 radical (unpaired) electrons. The van der Waals surface area contributed by atoms with Gasteiger partial charge in [0.1, 0.15) is 0 Å². The molecule has 1 aromatic heterocycles. The lowest BCUT2D eigenvalue weighted by atomic mass is 10.1. The summed E-state index contributed by atoms with van der Waals surface area (Å²) in [6.07, 6.45) is 0.673. The molecule has 0 aromatic carbocycles. The van der Waals surface area contributed by atoms with E-state index in [0.717, 1.165) is 3.79 Å². The lowest BCUT2D eigenvalue weighted by Gasteiger charge is -2.14. The molecule has 16 heavy (non-hydrogen) atoms. The summed E-state index contributed by atoms with van der Waals surface area (Å²) in [6, 6.07) is 1.80. The normalized spacial score (nSPS) is 20.1. The molecule has 0 aliphatic carbocycles. The van der Waals surface area contributed by atoms with Crippen molar-refractivity contribution >= 4 is 39.1 Å². The van der Waals surface area contributed by atoms with E-state index in [1.165, 1.54) is 11.3 Å². The van der Waals surface area contributed by atoms with Crippen molar-refractivity contribution in [3.8, 4) is 0 Å². The van der Waals surface area contributed by atoms with Crippen molar-refractivity contribution in [2.45, 2.75) is 6.42 Å². The van der Waals surface area contributed by atoms with Crippen LogP contribution in [0.5, 0.6) is 0 Å². The van der Waals surface area contributed by atoms with Crippen LogP contribution in [-0.4, -0.2) is 29.8 Å². The largest absolute Gasteiger partial charge is 0.369 e. The zero-order chi connectivity index (χ0) is 11.7. The maximum absolute atomic E-state index is 12.0. The van der Waals surface area contributed by atoms with E-state index in [-0.39, 0.29) is 17.7 Å². The fourth-order valence-corrected chi connectivity index (χ4v) is 2.91. The average Bonchev–Trinajstić information content (AvgIpc) is 2.84. The molecule has 2 amide bonds. The van der Waals surface area contributed by atoms with Crippen molar-refractivity contribution in [3.05, 3.63) is 20.8 Å². The third-order valence-corrected chi connectivity index (χ3v) is 4.20. The number of nitrogens with zero attached hydrogens (tertiary/aromatic N) is 1. The van der Waals surface area contributed by atoms with E-state index in [1.807, 2.05) is 5.38 Å². The first kappa shape index (κ1) is 11.6. The van der Waals surface area contributed by atoms with E-state index in [9.17, 15) is 9.59 Å². The molecule has 1 atom stereocenters. The standard InChI is InChI=1S/C10H11BrN2O2S/c11-8-3-7(5-16-8)10(15)13-2-1-6(4-13)9(12)14/h3,5-6H,1-2,4H2,(H2,12,14)/t6-/m1/s1. The highest BCUT2D eigenvalue weighted by atomic mass is 79.9. The van der Waals surface area contributed by atoms with Gasteiger partial charge in [-0.3, -0.25) is 9.59 Å². The second-order valence-corrected chi connectivity index (χ2v) is 6.07. The van der Waals surface area contributed by atoms with Gasteiger partial charge in [-0.1, -0.05) is 0 Å². The second-order valence-electron chi connectivity index (χ2n) is 3.78. The van der Waals surface area contributed by atoms with Crippen LogP contribution in [0.15, 0.2) is 15.2 Å². The Kier molecular flexibility index (Phi) is 3.30. The molecule has 1 aliphatic heterocycles. The van der Waals surface area contributed by atoms with Gasteiger partial charge < -0.3 is 10.6 Å². The molecule has 4 nitrogen and oxygen atoms in total. The number of amides is 2. The van der Waals surface area contributed by atoms with Crippen molar-refractivity contribution in [3.63, 3.8) is 0 Å². The minimum Gasteiger partial charge on any atom is -0.369 e. The number of hydrogen-bond donors (Lipinski definition) is 1. The van der Waals surface area contributed by atoms with Crippen molar-refractivity contribution in [1.82, 2.24) is 4.90 Å². The van der Waals surface area contributed by atoms with Crippen molar-refractivity contribution in [2.75, 3.05) is 13.1 Å². The van der Waals surface area contributed by atoms with Crippen molar-refractivity contribution in [2.24, 2.45) is 11.7 Å². The maximum Gasteiger partial charge on any atom is 0.254 e. The topological polar surface area (TPSA) is 63.4 Å². The molecule has 6 heteroatoms. The Balaban J connectivity index is 2.05. The van der Waals surface area contributed by atoms with Crippen LogP contribution in [0.4, 0.5) is 0 Å². The van der Waals surface area contributed by atoms with Crippen LogP contribution < -0.4 is 5.73 Å². The molecule has 1 saturated heterocycles. The Labute approximate surface area is 106 Å². The molecule has 0 saturated carbocycles. The summed E-state index contributed by atoms with van der Waals surface area (Å²) in [5, 5.41) is 1.81. The van der Waals surface area contributed by atoms with E-state index in [0.29, 0.717) is 25.1 Å². The first-order valence-electron chi connectivity index (χ1n) is 4.90. The zero-order valence-electron chi connectivity index (χ0n) is 8.48. The Morgan fingerprint density at radius 3 is 2.81 bits per heavy atom. The molecule has 0 spiro atoms. The molecule has 1 fully saturated rings. The molecule has 2 heterocycles. The maximum atomic E-state index is 12.0. The minimum atomic E-state index is -0.318. The number of nitrogens with two attached hydrogens (primary N) is 1. The van der Waals surface area contributed by atoms with Crippen molar-refractivity contribution in [1.29, 1.82) is 0 Å². The SMILES string of the molecule is NC(=O)[C@@H]1CCN(C(=O)c2csc(Br)c2)C1. The zero-order valence-corrected chi connectivity index (χ0v) is 10.9. The molecule has 0 bridgehead atoms. The van der Waals surface area contributed by atoms with Gasteiger partial charge in [0, 0.05) is 18.5 Å². The molecule has 86 valence electrons. The third kappa shape index (κ3) is 2.27. The number of carbonyl (C=O) groups is 2. The van der Waals surface area contributed by atoms with Crippen LogP contribution in [0.3, 0.4) is 0 Å². The minimum absolute atomic E-state index is 0.0225. The van der Waals surface area contributed by atoms with Gasteiger partial charge in [0.2, 0.25) is 5.91 Å². The Morgan fingerprint density at radius 2 is 2.31 bits per heavy atom. The van der Waals surface area contributed by atoms with Gasteiger partial charge in [-0.25, -0.2) is 0 Å². The summed E-state index contributed by atoms with van der Waals surface area (Å²) >= 11 is 4.79. The summed E-state index contributed by atoms with van der Waals surface area (Å²) < 4.78 is 0.932. The van der Waals surface area contributed by atoms with Gasteiger partial charge in [-0.15, -0.1) is 11.3 Å². The van der Waals surface area contributed by atoms with Gasteiger partial charge in [0.25, 0.3) is 5.91 Å². The fourth-order valence-electron chi connectivity index (χ4n) is 1.78. The summed E-state index contributed by atoms with van der Waals surface area (Å²) in [5.41, 5.74) is 5.89. The number of likely N-dealkylation sites (tertiary alicyclic amines) is 1. The van der Waals surface area contributed by atoms with E-state index in [1.54, 1.807) is 11.0 Å². The van der Waals surface area contributed by atoms with E-state index in [2.05, 4.69) is 15.9 Å². The first-order chi connectivity index (χ1) is 7.58.